The second-order valence-electron chi connectivity index (χ2n) is 4.52. The highest BCUT2D eigenvalue weighted by Gasteiger charge is 2.11. The minimum absolute atomic E-state index is 1.14. The fraction of sp³-hybridized carbons (Fsp3) is 0.176. The Balaban J connectivity index is 0.000000153. The van der Waals surface area contributed by atoms with Crippen LogP contribution >= 0.6 is 0 Å². The molecule has 4 rings (SSSR count). The molecule has 0 atom stereocenters. The molecule has 2 aromatic rings. The average molecular weight is 220 g/mol. The first-order valence-corrected chi connectivity index (χ1v) is 6.26. The summed E-state index contributed by atoms with van der Waals surface area (Å²) in [6.07, 6.45) is 12.0. The van der Waals surface area contributed by atoms with Crippen LogP contribution in [0.4, 0.5) is 0 Å². The maximum absolute atomic E-state index is 2.25. The van der Waals surface area contributed by atoms with Crippen LogP contribution in [0.2, 0.25) is 0 Å². The highest BCUT2D eigenvalue weighted by molar-refractivity contribution is 5.90. The van der Waals surface area contributed by atoms with Crippen LogP contribution in [0.5, 0.6) is 0 Å². The van der Waals surface area contributed by atoms with E-state index in [-0.39, 0.29) is 0 Å². The van der Waals surface area contributed by atoms with Crippen molar-refractivity contribution in [3.8, 4) is 0 Å². The molecule has 2 aliphatic carbocycles. The third-order valence-corrected chi connectivity index (χ3v) is 3.40. The molecule has 0 N–H and O–H groups in total. The van der Waals surface area contributed by atoms with Gasteiger partial charge in [-0.25, -0.2) is 0 Å². The van der Waals surface area contributed by atoms with E-state index < -0.39 is 0 Å². The molecule has 0 saturated heterocycles. The lowest BCUT2D eigenvalue weighted by Gasteiger charge is -1.99. The Morgan fingerprint density at radius 3 is 1.76 bits per heavy atom. The van der Waals surface area contributed by atoms with Crippen molar-refractivity contribution in [3.05, 3.63) is 71.8 Å². The Morgan fingerprint density at radius 1 is 0.706 bits per heavy atom. The Morgan fingerprint density at radius 2 is 1.29 bits per heavy atom. The molecule has 0 nitrogen and oxygen atoms in total. The predicted molar refractivity (Wildman–Crippen MR) is 74.3 cm³/mol. The molecule has 2 aromatic carbocycles. The predicted octanol–water partition coefficient (Wildman–Crippen LogP) is 4.44. The number of allylic oxidation sites excluding steroid dienone is 4. The molecule has 0 fully saturated rings. The van der Waals surface area contributed by atoms with Gasteiger partial charge in [-0.05, 0) is 41.2 Å². The third kappa shape index (κ3) is 2.03. The van der Waals surface area contributed by atoms with Crippen molar-refractivity contribution < 1.29 is 0 Å². The van der Waals surface area contributed by atoms with Crippen LogP contribution in [-0.2, 0) is 12.8 Å². The van der Waals surface area contributed by atoms with Gasteiger partial charge in [-0.1, -0.05) is 60.7 Å². The Labute approximate surface area is 102 Å². The second-order valence-corrected chi connectivity index (χ2v) is 4.52. The number of benzene rings is 2. The zero-order valence-electron chi connectivity index (χ0n) is 9.89. The van der Waals surface area contributed by atoms with Crippen molar-refractivity contribution >= 4 is 10.8 Å². The van der Waals surface area contributed by atoms with Crippen molar-refractivity contribution in [1.82, 2.24) is 0 Å². The molecule has 0 unspecified atom stereocenters. The van der Waals surface area contributed by atoms with E-state index in [0.717, 1.165) is 6.42 Å². The minimum atomic E-state index is 1.14. The summed E-state index contributed by atoms with van der Waals surface area (Å²) in [5, 5.41) is 2.92. The summed E-state index contributed by atoms with van der Waals surface area (Å²) in [6, 6.07) is 13.2. The normalized spacial score (nSPS) is 15.1. The van der Waals surface area contributed by atoms with Gasteiger partial charge in [0.1, 0.15) is 0 Å². The molecule has 0 heterocycles. The molecule has 17 heavy (non-hydrogen) atoms. The van der Waals surface area contributed by atoms with Gasteiger partial charge in [0.15, 0.2) is 0 Å². The van der Waals surface area contributed by atoms with Crippen molar-refractivity contribution in [2.24, 2.45) is 0 Å². The number of aryl methyl sites for hydroxylation is 2. The molecular formula is C17H16. The fourth-order valence-corrected chi connectivity index (χ4v) is 2.58. The van der Waals surface area contributed by atoms with Crippen molar-refractivity contribution in [1.29, 1.82) is 0 Å². The maximum Gasteiger partial charge on any atom is -0.0120 e. The summed E-state index contributed by atoms with van der Waals surface area (Å²) < 4.78 is 0. The molecule has 0 saturated carbocycles. The molecule has 2 aliphatic rings. The van der Waals surface area contributed by atoms with Crippen LogP contribution in [0, 0.1) is 0 Å². The van der Waals surface area contributed by atoms with Gasteiger partial charge >= 0.3 is 0 Å². The van der Waals surface area contributed by atoms with Crippen LogP contribution in [0.25, 0.3) is 10.8 Å². The molecule has 0 radical (unpaired) electrons. The van der Waals surface area contributed by atoms with Crippen LogP contribution in [-0.4, -0.2) is 0 Å². The van der Waals surface area contributed by atoms with Gasteiger partial charge in [-0.2, -0.15) is 0 Å². The number of hydrogen-bond donors (Lipinski definition) is 0. The highest BCUT2D eigenvalue weighted by atomic mass is 14.2. The molecule has 0 bridgehead atoms. The van der Waals surface area contributed by atoms with Gasteiger partial charge in [0, 0.05) is 0 Å². The van der Waals surface area contributed by atoms with Gasteiger partial charge in [0.05, 0.1) is 0 Å². The smallest absolute Gasteiger partial charge is 0.0120 e. The van der Waals surface area contributed by atoms with Gasteiger partial charge in [0.2, 0.25) is 0 Å². The molecule has 0 spiro atoms. The summed E-state index contributed by atoms with van der Waals surface area (Å²) in [4.78, 5) is 0. The van der Waals surface area contributed by atoms with E-state index in [1.165, 1.54) is 34.7 Å². The monoisotopic (exact) mass is 220 g/mol. The van der Waals surface area contributed by atoms with E-state index >= 15 is 0 Å². The van der Waals surface area contributed by atoms with Gasteiger partial charge in [0.25, 0.3) is 0 Å². The van der Waals surface area contributed by atoms with Gasteiger partial charge in [-0.15, -0.1) is 0 Å². The average Bonchev–Trinajstić information content (AvgIpc) is 3.04. The highest BCUT2D eigenvalue weighted by Crippen LogP contribution is 2.29. The first kappa shape index (κ1) is 10.3. The maximum atomic E-state index is 2.25. The van der Waals surface area contributed by atoms with Crippen LogP contribution < -0.4 is 0 Å². The third-order valence-electron chi connectivity index (χ3n) is 3.40. The topological polar surface area (TPSA) is 0 Å². The summed E-state index contributed by atoms with van der Waals surface area (Å²) >= 11 is 0. The SMILES string of the molecule is C1=CCC=C1.c1cc2c3c(cccc3c1)CC2. The summed E-state index contributed by atoms with van der Waals surface area (Å²) in [7, 11) is 0. The Hall–Kier alpha value is -1.82. The zero-order chi connectivity index (χ0) is 11.5. The van der Waals surface area contributed by atoms with E-state index in [2.05, 4.69) is 60.7 Å². The Bertz CT molecular complexity index is 539. The first-order valence-electron chi connectivity index (χ1n) is 6.26. The largest absolute Gasteiger partial charge is 0.0808 e. The van der Waals surface area contributed by atoms with Crippen LogP contribution in [0.1, 0.15) is 17.5 Å². The van der Waals surface area contributed by atoms with Gasteiger partial charge in [-0.3, -0.25) is 0 Å². The lowest BCUT2D eigenvalue weighted by molar-refractivity contribution is 1.02. The summed E-state index contributed by atoms with van der Waals surface area (Å²) in [5.41, 5.74) is 3.06. The van der Waals surface area contributed by atoms with E-state index in [1.807, 2.05) is 0 Å². The molecule has 0 aromatic heterocycles. The standard InChI is InChI=1S/C12H10.C5H6/c1-3-9-4-2-6-11-8-7-10(5-1)12(9)11;1-2-4-5-3-1/h1-6H,7-8H2;1-4H,5H2. The molecule has 84 valence electrons. The van der Waals surface area contributed by atoms with Crippen molar-refractivity contribution in [2.45, 2.75) is 19.3 Å². The van der Waals surface area contributed by atoms with E-state index in [4.69, 9.17) is 0 Å². The van der Waals surface area contributed by atoms with E-state index in [9.17, 15) is 0 Å². The van der Waals surface area contributed by atoms with Gasteiger partial charge < -0.3 is 0 Å². The lowest BCUT2D eigenvalue weighted by atomic mass is 10.1. The molecule has 0 aliphatic heterocycles. The first-order chi connectivity index (χ1) is 8.45. The van der Waals surface area contributed by atoms with Crippen molar-refractivity contribution in [2.75, 3.05) is 0 Å². The minimum Gasteiger partial charge on any atom is -0.0808 e. The van der Waals surface area contributed by atoms with E-state index in [0.29, 0.717) is 0 Å². The van der Waals surface area contributed by atoms with Crippen LogP contribution in [0.3, 0.4) is 0 Å². The zero-order valence-corrected chi connectivity index (χ0v) is 9.89. The second kappa shape index (κ2) is 4.58. The van der Waals surface area contributed by atoms with Crippen LogP contribution in [0.15, 0.2) is 60.7 Å². The van der Waals surface area contributed by atoms with E-state index in [1.54, 1.807) is 0 Å². The number of hydrogen-bond acceptors (Lipinski definition) is 0. The fourth-order valence-electron chi connectivity index (χ4n) is 2.58. The molecule has 0 heteroatoms. The number of rotatable bonds is 0. The molecular weight excluding hydrogens is 204 g/mol. The van der Waals surface area contributed by atoms with Crippen molar-refractivity contribution in [3.63, 3.8) is 0 Å². The summed E-state index contributed by atoms with van der Waals surface area (Å²) in [6.45, 7) is 0. The molecule has 0 amide bonds. The quantitative estimate of drug-likeness (QED) is 0.615. The Kier molecular flexibility index (Phi) is 2.79. The lowest BCUT2D eigenvalue weighted by Crippen LogP contribution is -1.76. The summed E-state index contributed by atoms with van der Waals surface area (Å²) in [5.74, 6) is 0.